The van der Waals surface area contributed by atoms with Gasteiger partial charge in [0.05, 0.1) is 47.2 Å². The number of methoxy groups -OCH3 is 1. The van der Waals surface area contributed by atoms with E-state index in [-0.39, 0.29) is 12.6 Å². The number of esters is 2. The Morgan fingerprint density at radius 2 is 1.88 bits per heavy atom. The van der Waals surface area contributed by atoms with Crippen LogP contribution in [0.4, 0.5) is 0 Å². The van der Waals surface area contributed by atoms with Crippen molar-refractivity contribution in [3.63, 3.8) is 0 Å². The number of halogens is 2. The maximum absolute atomic E-state index is 13.0. The van der Waals surface area contributed by atoms with Crippen LogP contribution in [0.25, 0.3) is 22.0 Å². The summed E-state index contributed by atoms with van der Waals surface area (Å²) >= 11 is 14.5. The van der Waals surface area contributed by atoms with Crippen molar-refractivity contribution in [1.82, 2.24) is 24.1 Å². The molecule has 10 nitrogen and oxygen atoms in total. The Kier molecular flexibility index (Phi) is 9.68. The Labute approximate surface area is 252 Å². The molecule has 41 heavy (non-hydrogen) atoms. The van der Waals surface area contributed by atoms with Crippen molar-refractivity contribution >= 4 is 57.8 Å². The van der Waals surface area contributed by atoms with Gasteiger partial charge in [0.1, 0.15) is 17.5 Å². The Balaban J connectivity index is 1.81. The number of nitrogens with zero attached hydrogens (tertiary/aromatic N) is 6. The average Bonchev–Trinajstić information content (AvgIpc) is 3.56. The number of fused-ring (bicyclic) bond motifs is 1. The number of hydrogen-bond donors (Lipinski definition) is 0. The molecule has 0 bridgehead atoms. The largest absolute Gasteiger partial charge is 0.466 e. The van der Waals surface area contributed by atoms with E-state index in [4.69, 9.17) is 32.7 Å². The summed E-state index contributed by atoms with van der Waals surface area (Å²) < 4.78 is 15.3. The van der Waals surface area contributed by atoms with Crippen molar-refractivity contribution in [3.05, 3.63) is 57.3 Å². The third kappa shape index (κ3) is 6.10. The first-order chi connectivity index (χ1) is 19.6. The van der Waals surface area contributed by atoms with Crippen molar-refractivity contribution < 1.29 is 19.1 Å². The number of nitriles is 1. The summed E-state index contributed by atoms with van der Waals surface area (Å²) in [5, 5.41) is 20.6. The molecule has 0 spiro atoms. The summed E-state index contributed by atoms with van der Waals surface area (Å²) in [6.45, 7) is 1.58. The number of aromatic nitrogens is 5. The second-order valence-electron chi connectivity index (χ2n) is 9.42. The number of benzene rings is 1. The Bertz CT molecular complexity index is 1670. The van der Waals surface area contributed by atoms with Crippen LogP contribution in [-0.4, -0.2) is 49.8 Å². The normalized spacial score (nSPS) is 11.2. The minimum Gasteiger partial charge on any atom is -0.466 e. The van der Waals surface area contributed by atoms with Crippen LogP contribution in [0.5, 0.6) is 0 Å². The third-order valence-corrected chi connectivity index (χ3v) is 8.36. The molecule has 4 rings (SSSR count). The van der Waals surface area contributed by atoms with E-state index in [2.05, 4.69) is 16.3 Å². The monoisotopic (exact) mass is 616 g/mol. The van der Waals surface area contributed by atoms with Crippen LogP contribution in [-0.2, 0) is 59.2 Å². The van der Waals surface area contributed by atoms with E-state index in [1.54, 1.807) is 45.9 Å². The SMILES string of the molecule is COC(=O)c1c(CCCOC(C)=O)c2ccc(Cl)c(-c3c(CSCc4cc(CCl)n(C)n4)nn(C)c3C#N)c2n1C. The van der Waals surface area contributed by atoms with Gasteiger partial charge in [-0.2, -0.15) is 15.5 Å². The minimum absolute atomic E-state index is 0.220. The fourth-order valence-electron chi connectivity index (χ4n) is 5.00. The molecule has 0 radical (unpaired) electrons. The quantitative estimate of drug-likeness (QED) is 0.127. The maximum Gasteiger partial charge on any atom is 0.354 e. The van der Waals surface area contributed by atoms with Crippen molar-refractivity contribution in [3.8, 4) is 17.2 Å². The number of carbonyl (C=O) groups excluding carboxylic acids is 2. The molecule has 13 heteroatoms. The highest BCUT2D eigenvalue weighted by Crippen LogP contribution is 2.42. The maximum atomic E-state index is 13.0. The van der Waals surface area contributed by atoms with Gasteiger partial charge in [-0.1, -0.05) is 17.7 Å². The molecular formula is C28H30Cl2N6O4S. The van der Waals surface area contributed by atoms with E-state index < -0.39 is 5.97 Å². The molecule has 0 saturated carbocycles. The Morgan fingerprint density at radius 1 is 1.12 bits per heavy atom. The van der Waals surface area contributed by atoms with Gasteiger partial charge in [0.15, 0.2) is 0 Å². The first-order valence-corrected chi connectivity index (χ1v) is 14.8. The second-order valence-corrected chi connectivity index (χ2v) is 11.1. The predicted octanol–water partition coefficient (Wildman–Crippen LogP) is 5.29. The molecule has 0 aliphatic carbocycles. The zero-order valence-electron chi connectivity index (χ0n) is 23.5. The van der Waals surface area contributed by atoms with Gasteiger partial charge in [-0.15, -0.1) is 23.4 Å². The number of aryl methyl sites for hydroxylation is 4. The lowest BCUT2D eigenvalue weighted by molar-refractivity contribution is -0.141. The summed E-state index contributed by atoms with van der Waals surface area (Å²) in [6, 6.07) is 7.88. The molecule has 0 unspecified atom stereocenters. The van der Waals surface area contributed by atoms with Gasteiger partial charge < -0.3 is 14.0 Å². The van der Waals surface area contributed by atoms with Crippen LogP contribution in [0.3, 0.4) is 0 Å². The van der Waals surface area contributed by atoms with Gasteiger partial charge in [-0.05, 0) is 30.5 Å². The van der Waals surface area contributed by atoms with Gasteiger partial charge in [-0.25, -0.2) is 4.79 Å². The highest BCUT2D eigenvalue weighted by atomic mass is 35.5. The zero-order chi connectivity index (χ0) is 29.8. The smallest absolute Gasteiger partial charge is 0.354 e. The van der Waals surface area contributed by atoms with E-state index in [0.29, 0.717) is 69.0 Å². The molecule has 0 N–H and O–H groups in total. The fraction of sp³-hybridized carbons (Fsp3) is 0.393. The van der Waals surface area contributed by atoms with E-state index in [9.17, 15) is 14.9 Å². The molecule has 0 saturated heterocycles. The lowest BCUT2D eigenvalue weighted by Gasteiger charge is -2.11. The molecule has 0 amide bonds. The van der Waals surface area contributed by atoms with Crippen LogP contribution in [0.1, 0.15) is 52.2 Å². The van der Waals surface area contributed by atoms with Gasteiger partial charge >= 0.3 is 11.9 Å². The number of rotatable bonds is 11. The minimum atomic E-state index is -0.498. The third-order valence-electron chi connectivity index (χ3n) is 6.79. The van der Waals surface area contributed by atoms with E-state index in [1.807, 2.05) is 19.2 Å². The molecule has 4 aromatic rings. The number of ether oxygens (including phenoxy) is 2. The highest BCUT2D eigenvalue weighted by Gasteiger charge is 2.28. The van der Waals surface area contributed by atoms with E-state index in [0.717, 1.165) is 22.3 Å². The summed E-state index contributed by atoms with van der Waals surface area (Å²) in [6.07, 6.45) is 0.975. The second kappa shape index (κ2) is 13.0. The van der Waals surface area contributed by atoms with Crippen LogP contribution < -0.4 is 0 Å². The van der Waals surface area contributed by atoms with Crippen LogP contribution in [0.2, 0.25) is 5.02 Å². The fourth-order valence-corrected chi connectivity index (χ4v) is 6.35. The lowest BCUT2D eigenvalue weighted by Crippen LogP contribution is -2.11. The molecule has 0 aliphatic rings. The standard InChI is InChI=1S/C28H30Cl2N6O4S/c1-16(37)40-10-6-7-19-20-8-9-21(30)24(26(20)34(2)27(19)28(38)39-5)25-22(33-36(4)23(25)13-31)15-41-14-17-11-18(12-29)35(3)32-17/h8-9,11H,6-7,10,12,14-15H2,1-5H3. The zero-order valence-corrected chi connectivity index (χ0v) is 25.8. The lowest BCUT2D eigenvalue weighted by atomic mass is 9.98. The highest BCUT2D eigenvalue weighted by molar-refractivity contribution is 7.97. The molecule has 0 fully saturated rings. The van der Waals surface area contributed by atoms with Crippen molar-refractivity contribution in [1.29, 1.82) is 5.26 Å². The number of hydrogen-bond acceptors (Lipinski definition) is 8. The van der Waals surface area contributed by atoms with Crippen LogP contribution in [0, 0.1) is 11.3 Å². The van der Waals surface area contributed by atoms with Crippen molar-refractivity contribution in [2.45, 2.75) is 37.2 Å². The Hall–Kier alpha value is -3.46. The summed E-state index contributed by atoms with van der Waals surface area (Å²) in [5.41, 5.74) is 5.92. The van der Waals surface area contributed by atoms with Crippen LogP contribution in [0.15, 0.2) is 18.2 Å². The van der Waals surface area contributed by atoms with Gasteiger partial charge in [0.25, 0.3) is 0 Å². The number of alkyl halides is 1. The van der Waals surface area contributed by atoms with Gasteiger partial charge in [0, 0.05) is 56.1 Å². The van der Waals surface area contributed by atoms with Gasteiger partial charge in [0.2, 0.25) is 0 Å². The van der Waals surface area contributed by atoms with Crippen molar-refractivity contribution in [2.24, 2.45) is 21.1 Å². The topological polar surface area (TPSA) is 117 Å². The molecule has 216 valence electrons. The molecule has 3 heterocycles. The van der Waals surface area contributed by atoms with E-state index >= 15 is 0 Å². The number of carbonyl (C=O) groups is 2. The molecule has 1 aromatic carbocycles. The first-order valence-electron chi connectivity index (χ1n) is 12.8. The van der Waals surface area contributed by atoms with E-state index in [1.165, 1.54) is 14.0 Å². The summed E-state index contributed by atoms with van der Waals surface area (Å²) in [5.74, 6) is 0.640. The summed E-state index contributed by atoms with van der Waals surface area (Å²) in [4.78, 5) is 24.2. The molecule has 3 aromatic heterocycles. The number of thioether (sulfide) groups is 1. The predicted molar refractivity (Wildman–Crippen MR) is 159 cm³/mol. The van der Waals surface area contributed by atoms with Crippen LogP contribution >= 0.6 is 35.0 Å². The van der Waals surface area contributed by atoms with Gasteiger partial charge in [-0.3, -0.25) is 14.2 Å². The first kappa shape index (κ1) is 30.5. The molecule has 0 aliphatic heterocycles. The molecular weight excluding hydrogens is 587 g/mol. The average molecular weight is 618 g/mol. The summed E-state index contributed by atoms with van der Waals surface area (Å²) in [7, 11) is 6.69. The molecule has 0 atom stereocenters. The Morgan fingerprint density at radius 3 is 2.51 bits per heavy atom. The van der Waals surface area contributed by atoms with Crippen molar-refractivity contribution in [2.75, 3.05) is 13.7 Å².